The Morgan fingerprint density at radius 3 is 2.31 bits per heavy atom. The van der Waals surface area contributed by atoms with Gasteiger partial charge in [0.25, 0.3) is 0 Å². The van der Waals surface area contributed by atoms with Crippen molar-refractivity contribution in [3.05, 3.63) is 0 Å². The molecule has 54 heavy (non-hydrogen) atoms. The lowest BCUT2D eigenvalue weighted by Gasteiger charge is -2.62. The number of fused-ring (bicyclic) bond motifs is 2. The lowest BCUT2D eigenvalue weighted by atomic mass is 9.45. The summed E-state index contributed by atoms with van der Waals surface area (Å²) in [7, 11) is 6.95. The normalized spacial score (nSPS) is 39.9. The lowest BCUT2D eigenvalue weighted by Crippen LogP contribution is -2.62. The van der Waals surface area contributed by atoms with Crippen LogP contribution < -0.4 is 10.6 Å². The van der Waals surface area contributed by atoms with Gasteiger partial charge in [-0.25, -0.2) is 0 Å². The van der Waals surface area contributed by atoms with E-state index in [9.17, 15) is 28.9 Å². The highest BCUT2D eigenvalue weighted by Crippen LogP contribution is 2.61. The van der Waals surface area contributed by atoms with E-state index < -0.39 is 34.8 Å². The SMILES string of the molecule is COC1C(CN2O[C@@H](CO)[C@@H]([C@H](C)O)[C@H]2C(=O)N[C@H]2C[C@H]3C[C@@H]([C@@H]2C)C3(C)C)CCCC1C1CC(C(=O)N[C@H](CN(C)C)CS(C)(O)O)CC(N(C)C)C1. The van der Waals surface area contributed by atoms with E-state index in [2.05, 4.69) is 50.4 Å². The molecule has 6 aliphatic rings. The minimum Gasteiger partial charge on any atom is -0.394 e. The first-order chi connectivity index (χ1) is 25.2. The summed E-state index contributed by atoms with van der Waals surface area (Å²) in [6, 6.07) is -0.829. The van der Waals surface area contributed by atoms with E-state index in [-0.39, 0.29) is 72.1 Å². The largest absolute Gasteiger partial charge is 0.394 e. The van der Waals surface area contributed by atoms with E-state index in [1.54, 1.807) is 19.1 Å². The molecule has 1 saturated heterocycles. The molecule has 13 nitrogen and oxygen atoms in total. The number of amides is 2. The molecule has 314 valence electrons. The second kappa shape index (κ2) is 17.8. The van der Waals surface area contributed by atoms with Gasteiger partial charge in [-0.2, -0.15) is 15.7 Å². The molecule has 15 atom stereocenters. The molecule has 6 rings (SSSR count). The van der Waals surface area contributed by atoms with Crippen molar-refractivity contribution in [1.82, 2.24) is 25.5 Å². The standard InChI is InChI=1S/C40H75N5O8S/c1-23-32-17-28(40(32,3)4)18-33(23)42-39(49)36-35(24(2)47)34(21-46)53-45(36)19-25-12-11-13-31(37(25)52-9)26-14-27(16-30(15-26)44(7)8)38(48)41-29(20-43(5)6)22-54(10,50)51/h23-37,46-47,50-51H,11-22H2,1-10H3,(H,41,48)(H,42,49)/t23-,24-,25?,26?,27?,28+,29+,30?,31?,32-,33-,34-,35+,36-,37?/m0/s1. The molecule has 1 heterocycles. The molecular formula is C40H75N5O8S. The third kappa shape index (κ3) is 9.78. The van der Waals surface area contributed by atoms with Crippen LogP contribution in [0.1, 0.15) is 79.1 Å². The zero-order valence-electron chi connectivity index (χ0n) is 34.8. The van der Waals surface area contributed by atoms with E-state index in [1.807, 2.05) is 19.0 Å². The molecule has 0 aromatic rings. The Morgan fingerprint density at radius 2 is 1.76 bits per heavy atom. The number of carbonyl (C=O) groups excluding carboxylic acids is 2. The lowest BCUT2D eigenvalue weighted by molar-refractivity contribution is -0.193. The summed E-state index contributed by atoms with van der Waals surface area (Å²) in [5, 5.41) is 29.7. The highest BCUT2D eigenvalue weighted by Gasteiger charge is 2.58. The molecule has 2 amide bonds. The van der Waals surface area contributed by atoms with E-state index in [0.29, 0.717) is 36.3 Å². The summed E-state index contributed by atoms with van der Waals surface area (Å²) in [5.41, 5.74) is 0.298. The number of methoxy groups -OCH3 is 1. The van der Waals surface area contributed by atoms with Gasteiger partial charge in [0, 0.05) is 56.3 Å². The fraction of sp³-hybridized carbons (Fsp3) is 0.950. The Hall–Kier alpha value is -1.07. The zero-order valence-corrected chi connectivity index (χ0v) is 35.6. The van der Waals surface area contributed by atoms with Gasteiger partial charge >= 0.3 is 0 Å². The first-order valence-corrected chi connectivity index (χ1v) is 22.8. The smallest absolute Gasteiger partial charge is 0.240 e. The minimum atomic E-state index is -2.80. The number of rotatable bonds is 15. The van der Waals surface area contributed by atoms with Crippen LogP contribution >= 0.6 is 10.6 Å². The quantitative estimate of drug-likeness (QED) is 0.144. The maximum atomic E-state index is 14.3. The van der Waals surface area contributed by atoms with Crippen molar-refractivity contribution >= 4 is 22.4 Å². The monoisotopic (exact) mass is 786 g/mol. The van der Waals surface area contributed by atoms with Crippen LogP contribution in [0.15, 0.2) is 0 Å². The summed E-state index contributed by atoms with van der Waals surface area (Å²) in [6.07, 6.45) is 7.21. The molecule has 0 spiro atoms. The number of aliphatic hydroxyl groups is 2. The van der Waals surface area contributed by atoms with Crippen molar-refractivity contribution in [1.29, 1.82) is 0 Å². The summed E-state index contributed by atoms with van der Waals surface area (Å²) in [6.45, 7) is 9.30. The Kier molecular flexibility index (Phi) is 14.5. The average molecular weight is 786 g/mol. The fourth-order valence-corrected chi connectivity index (χ4v) is 12.6. The molecule has 6 N–H and O–H groups in total. The molecule has 0 radical (unpaired) electrons. The predicted molar refractivity (Wildman–Crippen MR) is 213 cm³/mol. The number of likely N-dealkylation sites (N-methyl/N-ethyl adjacent to an activating group) is 1. The summed E-state index contributed by atoms with van der Waals surface area (Å²) < 4.78 is 26.9. The molecule has 1 aliphatic heterocycles. The van der Waals surface area contributed by atoms with Gasteiger partial charge in [0.05, 0.1) is 30.6 Å². The molecule has 2 bridgehead atoms. The summed E-state index contributed by atoms with van der Waals surface area (Å²) in [5.74, 6) is 1.14. The van der Waals surface area contributed by atoms with Crippen LogP contribution in [0.5, 0.6) is 0 Å². The number of aliphatic hydroxyl groups excluding tert-OH is 2. The third-order valence-electron chi connectivity index (χ3n) is 14.6. The predicted octanol–water partition coefficient (Wildman–Crippen LogP) is 3.35. The molecule has 0 aromatic carbocycles. The van der Waals surface area contributed by atoms with Crippen molar-refractivity contribution in [2.24, 2.45) is 52.8 Å². The fourth-order valence-electron chi connectivity index (χ4n) is 11.7. The summed E-state index contributed by atoms with van der Waals surface area (Å²) in [4.78, 5) is 38.8. The summed E-state index contributed by atoms with van der Waals surface area (Å²) >= 11 is 0. The molecule has 6 unspecified atom stereocenters. The third-order valence-corrected chi connectivity index (χ3v) is 15.7. The van der Waals surface area contributed by atoms with E-state index in [1.165, 1.54) is 12.7 Å². The first kappa shape index (κ1) is 44.0. The number of nitrogens with one attached hydrogen (secondary N) is 2. The number of ether oxygens (including phenoxy) is 1. The van der Waals surface area contributed by atoms with Gasteiger partial charge in [-0.3, -0.25) is 23.5 Å². The van der Waals surface area contributed by atoms with Crippen molar-refractivity contribution in [3.8, 4) is 0 Å². The Balaban J connectivity index is 1.32. The van der Waals surface area contributed by atoms with Gasteiger partial charge in [-0.15, -0.1) is 0 Å². The van der Waals surface area contributed by atoms with Crippen LogP contribution in [0, 0.1) is 52.8 Å². The van der Waals surface area contributed by atoms with Crippen LogP contribution in [-0.2, 0) is 19.2 Å². The highest BCUT2D eigenvalue weighted by atomic mass is 32.3. The van der Waals surface area contributed by atoms with Crippen LogP contribution in [0.25, 0.3) is 0 Å². The first-order valence-electron chi connectivity index (χ1n) is 20.6. The molecule has 5 aliphatic carbocycles. The van der Waals surface area contributed by atoms with E-state index in [0.717, 1.165) is 44.9 Å². The highest BCUT2D eigenvalue weighted by molar-refractivity contribution is 8.23. The van der Waals surface area contributed by atoms with Gasteiger partial charge in [-0.1, -0.05) is 27.2 Å². The van der Waals surface area contributed by atoms with Gasteiger partial charge in [-0.05, 0) is 115 Å². The molecule has 6 fully saturated rings. The average Bonchev–Trinajstić information content (AvgIpc) is 3.46. The van der Waals surface area contributed by atoms with Crippen molar-refractivity contribution in [3.63, 3.8) is 0 Å². The molecular weight excluding hydrogens is 711 g/mol. The maximum Gasteiger partial charge on any atom is 0.240 e. The number of hydrogen-bond donors (Lipinski definition) is 6. The van der Waals surface area contributed by atoms with Gasteiger partial charge < -0.3 is 35.4 Å². The van der Waals surface area contributed by atoms with Crippen LogP contribution in [0.4, 0.5) is 0 Å². The Morgan fingerprint density at radius 1 is 1.06 bits per heavy atom. The van der Waals surface area contributed by atoms with Gasteiger partial charge in [0.15, 0.2) is 0 Å². The zero-order chi connectivity index (χ0) is 39.9. The van der Waals surface area contributed by atoms with Crippen molar-refractivity contribution in [2.45, 2.75) is 122 Å². The topological polar surface area (TPSA) is 167 Å². The van der Waals surface area contributed by atoms with Crippen LogP contribution in [0.2, 0.25) is 0 Å². The van der Waals surface area contributed by atoms with Gasteiger partial charge in [0.1, 0.15) is 12.1 Å². The van der Waals surface area contributed by atoms with E-state index in [4.69, 9.17) is 9.57 Å². The number of hydroxylamine groups is 2. The Labute approximate surface area is 326 Å². The van der Waals surface area contributed by atoms with E-state index >= 15 is 0 Å². The number of nitrogens with zero attached hydrogens (tertiary/aromatic N) is 3. The molecule has 0 aromatic heterocycles. The minimum absolute atomic E-state index is 0.0324. The number of hydrogen-bond acceptors (Lipinski definition) is 11. The van der Waals surface area contributed by atoms with Crippen molar-refractivity contribution < 1.29 is 38.5 Å². The second-order valence-electron chi connectivity index (χ2n) is 19.2. The van der Waals surface area contributed by atoms with Gasteiger partial charge in [0.2, 0.25) is 11.8 Å². The van der Waals surface area contributed by atoms with Crippen molar-refractivity contribution in [2.75, 3.05) is 67.0 Å². The number of carbonyl (C=O) groups is 2. The Bertz CT molecular complexity index is 1270. The second-order valence-corrected chi connectivity index (χ2v) is 21.5. The van der Waals surface area contributed by atoms with Crippen LogP contribution in [-0.4, -0.2) is 155 Å². The maximum absolute atomic E-state index is 14.3. The molecule has 5 saturated carbocycles. The molecule has 14 heteroatoms. The van der Waals surface area contributed by atoms with Crippen LogP contribution in [0.3, 0.4) is 0 Å².